The molecule has 0 fully saturated rings. The second-order valence-electron chi connectivity index (χ2n) is 4.21. The van der Waals surface area contributed by atoms with Gasteiger partial charge in [0.05, 0.1) is 0 Å². The number of anilines is 1. The SMILES string of the molecule is CN(CC(F)(F)F)C(=O)N(CC(=O)O)c1cccc(Cl)c1. The third-order valence-electron chi connectivity index (χ3n) is 2.39. The van der Waals surface area contributed by atoms with E-state index in [0.29, 0.717) is 9.80 Å². The summed E-state index contributed by atoms with van der Waals surface area (Å²) in [6.45, 7) is -2.26. The van der Waals surface area contributed by atoms with Gasteiger partial charge < -0.3 is 10.0 Å². The van der Waals surface area contributed by atoms with Gasteiger partial charge in [-0.15, -0.1) is 0 Å². The number of carboxylic acid groups (broad SMARTS) is 1. The molecule has 0 aliphatic heterocycles. The molecule has 0 unspecified atom stereocenters. The molecule has 5 nitrogen and oxygen atoms in total. The zero-order valence-corrected chi connectivity index (χ0v) is 11.6. The number of carboxylic acids is 1. The molecule has 2 amide bonds. The third-order valence-corrected chi connectivity index (χ3v) is 2.62. The zero-order chi connectivity index (χ0) is 16.2. The highest BCUT2D eigenvalue weighted by Crippen LogP contribution is 2.22. The smallest absolute Gasteiger partial charge is 0.406 e. The Kier molecular flexibility index (Phi) is 5.42. The maximum Gasteiger partial charge on any atom is 0.406 e. The molecule has 0 heterocycles. The van der Waals surface area contributed by atoms with Gasteiger partial charge in [-0.2, -0.15) is 13.2 Å². The van der Waals surface area contributed by atoms with Gasteiger partial charge in [0.15, 0.2) is 0 Å². The first-order chi connectivity index (χ1) is 9.60. The first-order valence-corrected chi connectivity index (χ1v) is 6.04. The molecule has 0 radical (unpaired) electrons. The maximum absolute atomic E-state index is 12.3. The summed E-state index contributed by atoms with van der Waals surface area (Å²) in [7, 11) is 0.940. The van der Waals surface area contributed by atoms with E-state index in [1.165, 1.54) is 24.3 Å². The molecule has 9 heteroatoms. The van der Waals surface area contributed by atoms with E-state index in [2.05, 4.69) is 0 Å². The molecule has 0 aliphatic rings. The lowest BCUT2D eigenvalue weighted by Crippen LogP contribution is -2.46. The summed E-state index contributed by atoms with van der Waals surface area (Å²) < 4.78 is 36.9. The number of carbonyl (C=O) groups excluding carboxylic acids is 1. The summed E-state index contributed by atoms with van der Waals surface area (Å²) in [5, 5.41) is 9.04. The van der Waals surface area contributed by atoms with Gasteiger partial charge in [-0.1, -0.05) is 17.7 Å². The minimum atomic E-state index is -4.58. The van der Waals surface area contributed by atoms with E-state index in [1.807, 2.05) is 0 Å². The van der Waals surface area contributed by atoms with Crippen molar-refractivity contribution < 1.29 is 27.9 Å². The van der Waals surface area contributed by atoms with E-state index in [1.54, 1.807) is 0 Å². The fourth-order valence-electron chi connectivity index (χ4n) is 1.59. The summed E-state index contributed by atoms with van der Waals surface area (Å²) in [6.07, 6.45) is -4.58. The van der Waals surface area contributed by atoms with Crippen molar-refractivity contribution in [2.75, 3.05) is 25.0 Å². The summed E-state index contributed by atoms with van der Waals surface area (Å²) in [6, 6.07) is 4.55. The molecule has 1 rings (SSSR count). The topological polar surface area (TPSA) is 60.9 Å². The van der Waals surface area contributed by atoms with Gasteiger partial charge in [0.1, 0.15) is 13.1 Å². The monoisotopic (exact) mass is 324 g/mol. The Hall–Kier alpha value is -1.96. The highest BCUT2D eigenvalue weighted by molar-refractivity contribution is 6.30. The van der Waals surface area contributed by atoms with Crippen molar-refractivity contribution in [3.63, 3.8) is 0 Å². The van der Waals surface area contributed by atoms with Crippen LogP contribution in [-0.2, 0) is 4.79 Å². The van der Waals surface area contributed by atoms with Crippen LogP contribution in [0.2, 0.25) is 5.02 Å². The van der Waals surface area contributed by atoms with Crippen LogP contribution in [0.4, 0.5) is 23.7 Å². The first kappa shape index (κ1) is 17.1. The fourth-order valence-corrected chi connectivity index (χ4v) is 1.78. The minimum Gasteiger partial charge on any atom is -0.480 e. The van der Waals surface area contributed by atoms with E-state index in [9.17, 15) is 22.8 Å². The number of halogens is 4. The van der Waals surface area contributed by atoms with Gasteiger partial charge in [-0.25, -0.2) is 4.79 Å². The van der Waals surface area contributed by atoms with E-state index < -0.39 is 31.3 Å². The Morgan fingerprint density at radius 2 is 1.95 bits per heavy atom. The van der Waals surface area contributed by atoms with Gasteiger partial charge in [0.2, 0.25) is 0 Å². The number of rotatable bonds is 4. The number of urea groups is 1. The van der Waals surface area contributed by atoms with Gasteiger partial charge in [-0.3, -0.25) is 9.69 Å². The van der Waals surface area contributed by atoms with Crippen LogP contribution in [0.1, 0.15) is 0 Å². The highest BCUT2D eigenvalue weighted by atomic mass is 35.5. The Morgan fingerprint density at radius 1 is 1.33 bits per heavy atom. The van der Waals surface area contributed by atoms with E-state index >= 15 is 0 Å². The second kappa shape index (κ2) is 6.66. The average Bonchev–Trinajstić information content (AvgIpc) is 2.32. The predicted octanol–water partition coefficient (Wildman–Crippen LogP) is 2.85. The molecule has 1 aromatic rings. The molecule has 0 saturated heterocycles. The van der Waals surface area contributed by atoms with Crippen molar-refractivity contribution >= 4 is 29.3 Å². The lowest BCUT2D eigenvalue weighted by Gasteiger charge is -2.27. The molecule has 0 bridgehead atoms. The van der Waals surface area contributed by atoms with Crippen LogP contribution < -0.4 is 4.90 Å². The van der Waals surface area contributed by atoms with Crippen molar-refractivity contribution in [3.05, 3.63) is 29.3 Å². The minimum absolute atomic E-state index is 0.101. The van der Waals surface area contributed by atoms with Gasteiger partial charge >= 0.3 is 18.2 Å². The number of hydrogen-bond acceptors (Lipinski definition) is 2. The van der Waals surface area contributed by atoms with Crippen molar-refractivity contribution in [2.45, 2.75) is 6.18 Å². The number of aliphatic carboxylic acids is 1. The van der Waals surface area contributed by atoms with Gasteiger partial charge in [0, 0.05) is 17.8 Å². The number of amides is 2. The lowest BCUT2D eigenvalue weighted by atomic mass is 10.3. The molecule has 0 aromatic heterocycles. The molecule has 0 aliphatic carbocycles. The number of hydrogen-bond donors (Lipinski definition) is 1. The van der Waals surface area contributed by atoms with Crippen LogP contribution >= 0.6 is 11.6 Å². The molecule has 1 N–H and O–H groups in total. The van der Waals surface area contributed by atoms with Crippen molar-refractivity contribution in [3.8, 4) is 0 Å². The molecule has 21 heavy (non-hydrogen) atoms. The quantitative estimate of drug-likeness (QED) is 0.926. The van der Waals surface area contributed by atoms with Crippen LogP contribution in [-0.4, -0.2) is 48.3 Å². The second-order valence-corrected chi connectivity index (χ2v) is 4.65. The molecule has 0 saturated carbocycles. The summed E-state index contributed by atoms with van der Waals surface area (Å²) in [5.74, 6) is -1.36. The molecule has 0 atom stereocenters. The standard InChI is InChI=1S/C12H12ClF3N2O3/c1-17(7-12(14,15)16)11(21)18(6-10(19)20)9-4-2-3-8(13)5-9/h2-5H,6-7H2,1H3,(H,19,20). The summed E-state index contributed by atoms with van der Waals surface area (Å²) >= 11 is 5.74. The summed E-state index contributed by atoms with van der Waals surface area (Å²) in [4.78, 5) is 23.9. The molecule has 116 valence electrons. The van der Waals surface area contributed by atoms with Crippen LogP contribution in [0.3, 0.4) is 0 Å². The molecule has 1 aromatic carbocycles. The fraction of sp³-hybridized carbons (Fsp3) is 0.333. The third kappa shape index (κ3) is 5.50. The maximum atomic E-state index is 12.3. The van der Waals surface area contributed by atoms with Crippen molar-refractivity contribution in [1.29, 1.82) is 0 Å². The normalized spacial score (nSPS) is 11.1. The largest absolute Gasteiger partial charge is 0.480 e. The predicted molar refractivity (Wildman–Crippen MR) is 70.5 cm³/mol. The lowest BCUT2D eigenvalue weighted by molar-refractivity contribution is -0.137. The number of benzene rings is 1. The zero-order valence-electron chi connectivity index (χ0n) is 10.9. The van der Waals surface area contributed by atoms with Crippen molar-refractivity contribution in [2.24, 2.45) is 0 Å². The van der Waals surface area contributed by atoms with E-state index in [4.69, 9.17) is 16.7 Å². The Bertz CT molecular complexity index is 537. The Labute approximate surface area is 123 Å². The molecule has 0 spiro atoms. The van der Waals surface area contributed by atoms with Gasteiger partial charge in [-0.05, 0) is 18.2 Å². The van der Waals surface area contributed by atoms with Gasteiger partial charge in [0.25, 0.3) is 0 Å². The Morgan fingerprint density at radius 3 is 2.43 bits per heavy atom. The first-order valence-electron chi connectivity index (χ1n) is 5.67. The van der Waals surface area contributed by atoms with Crippen LogP contribution in [0, 0.1) is 0 Å². The molecular weight excluding hydrogens is 313 g/mol. The van der Waals surface area contributed by atoms with E-state index in [-0.39, 0.29) is 10.7 Å². The average molecular weight is 325 g/mol. The Balaban J connectivity index is 3.02. The van der Waals surface area contributed by atoms with Crippen molar-refractivity contribution in [1.82, 2.24) is 4.90 Å². The molecular formula is C12H12ClF3N2O3. The number of alkyl halides is 3. The number of carbonyl (C=O) groups is 2. The van der Waals surface area contributed by atoms with E-state index in [0.717, 1.165) is 7.05 Å². The van der Waals surface area contributed by atoms with Crippen LogP contribution in [0.25, 0.3) is 0 Å². The summed E-state index contributed by atoms with van der Waals surface area (Å²) in [5.41, 5.74) is 0.101. The van der Waals surface area contributed by atoms with Crippen LogP contribution in [0.5, 0.6) is 0 Å². The van der Waals surface area contributed by atoms with Crippen LogP contribution in [0.15, 0.2) is 24.3 Å². The highest BCUT2D eigenvalue weighted by Gasteiger charge is 2.33. The number of nitrogens with zero attached hydrogens (tertiary/aromatic N) is 2.